The molecule has 0 aliphatic heterocycles. The maximum Gasteiger partial charge on any atom is 0.234 e. The van der Waals surface area contributed by atoms with E-state index >= 15 is 0 Å². The zero-order valence-corrected chi connectivity index (χ0v) is 9.17. The summed E-state index contributed by atoms with van der Waals surface area (Å²) in [6.45, 7) is 0.487. The van der Waals surface area contributed by atoms with Gasteiger partial charge in [0.1, 0.15) is 0 Å². The fraction of sp³-hybridized carbons (Fsp3) is 0.750. The van der Waals surface area contributed by atoms with Crippen LogP contribution in [-0.2, 0) is 4.79 Å². The van der Waals surface area contributed by atoms with Gasteiger partial charge in [0.05, 0.1) is 6.54 Å². The van der Waals surface area contributed by atoms with E-state index in [1.165, 1.54) is 25.7 Å². The first-order valence-electron chi connectivity index (χ1n) is 6.02. The highest BCUT2D eigenvalue weighted by Gasteiger charge is 2.17. The summed E-state index contributed by atoms with van der Waals surface area (Å²) in [5.41, 5.74) is 0. The van der Waals surface area contributed by atoms with Gasteiger partial charge in [0.25, 0.3) is 0 Å². The van der Waals surface area contributed by atoms with Crippen molar-refractivity contribution in [3.8, 4) is 0 Å². The van der Waals surface area contributed by atoms with Gasteiger partial charge < -0.3 is 10.6 Å². The van der Waals surface area contributed by atoms with E-state index in [0.29, 0.717) is 18.6 Å². The van der Waals surface area contributed by atoms with Gasteiger partial charge in [-0.1, -0.05) is 25.0 Å². The number of carbonyl (C=O) groups is 1. The van der Waals surface area contributed by atoms with E-state index < -0.39 is 0 Å². The molecule has 0 radical (unpaired) electrons. The molecule has 2 N–H and O–H groups in total. The molecule has 0 aromatic carbocycles. The summed E-state index contributed by atoms with van der Waals surface area (Å²) >= 11 is 0. The fourth-order valence-electron chi connectivity index (χ4n) is 2.38. The van der Waals surface area contributed by atoms with Crippen molar-refractivity contribution < 1.29 is 4.79 Å². The maximum atomic E-state index is 11.6. The molecule has 2 aliphatic carbocycles. The molecule has 0 aromatic heterocycles. The molecule has 1 amide bonds. The van der Waals surface area contributed by atoms with Crippen molar-refractivity contribution in [3.63, 3.8) is 0 Å². The molecule has 0 bridgehead atoms. The quantitative estimate of drug-likeness (QED) is 0.685. The minimum absolute atomic E-state index is 0.149. The van der Waals surface area contributed by atoms with Crippen LogP contribution in [0.2, 0.25) is 0 Å². The van der Waals surface area contributed by atoms with Crippen molar-refractivity contribution in [2.45, 2.75) is 50.6 Å². The Morgan fingerprint density at radius 2 is 1.80 bits per heavy atom. The van der Waals surface area contributed by atoms with Crippen LogP contribution < -0.4 is 10.6 Å². The van der Waals surface area contributed by atoms with E-state index in [1.807, 2.05) is 0 Å². The molecule has 15 heavy (non-hydrogen) atoms. The Balaban J connectivity index is 1.59. The van der Waals surface area contributed by atoms with Crippen LogP contribution in [0.1, 0.15) is 38.5 Å². The normalized spacial score (nSPS) is 22.4. The number of nitrogens with one attached hydrogen (secondary N) is 2. The first-order valence-corrected chi connectivity index (χ1v) is 6.02. The predicted octanol–water partition coefficient (Wildman–Crippen LogP) is 1.35. The topological polar surface area (TPSA) is 41.1 Å². The second kappa shape index (κ2) is 5.31. The van der Waals surface area contributed by atoms with E-state index in [0.717, 1.165) is 12.8 Å². The lowest BCUT2D eigenvalue weighted by Crippen LogP contribution is -2.41. The van der Waals surface area contributed by atoms with Crippen LogP contribution in [0, 0.1) is 0 Å². The summed E-state index contributed by atoms with van der Waals surface area (Å²) < 4.78 is 0. The van der Waals surface area contributed by atoms with Gasteiger partial charge in [0.15, 0.2) is 0 Å². The van der Waals surface area contributed by atoms with Crippen molar-refractivity contribution in [1.82, 2.24) is 10.6 Å². The third-order valence-corrected chi connectivity index (χ3v) is 3.28. The molecule has 0 unspecified atom stereocenters. The highest BCUT2D eigenvalue weighted by Crippen LogP contribution is 2.17. The van der Waals surface area contributed by atoms with E-state index in [1.54, 1.807) is 0 Å². The van der Waals surface area contributed by atoms with Crippen molar-refractivity contribution in [1.29, 1.82) is 0 Å². The van der Waals surface area contributed by atoms with E-state index in [9.17, 15) is 4.79 Å². The molecule has 84 valence electrons. The van der Waals surface area contributed by atoms with Gasteiger partial charge in [0.2, 0.25) is 5.91 Å². The molecule has 2 rings (SSSR count). The van der Waals surface area contributed by atoms with Gasteiger partial charge in [-0.15, -0.1) is 0 Å². The Morgan fingerprint density at radius 1 is 1.13 bits per heavy atom. The number of amides is 1. The monoisotopic (exact) mass is 208 g/mol. The number of hydrogen-bond donors (Lipinski definition) is 2. The fourth-order valence-corrected chi connectivity index (χ4v) is 2.38. The van der Waals surface area contributed by atoms with Crippen LogP contribution in [-0.4, -0.2) is 24.5 Å². The third-order valence-electron chi connectivity index (χ3n) is 3.28. The van der Waals surface area contributed by atoms with Crippen LogP contribution in [0.4, 0.5) is 0 Å². The second-order valence-corrected chi connectivity index (χ2v) is 4.57. The molecule has 0 heterocycles. The van der Waals surface area contributed by atoms with Gasteiger partial charge in [-0.25, -0.2) is 0 Å². The summed E-state index contributed by atoms with van der Waals surface area (Å²) in [6.07, 6.45) is 11.4. The zero-order valence-electron chi connectivity index (χ0n) is 9.17. The third kappa shape index (κ3) is 3.34. The van der Waals surface area contributed by atoms with Gasteiger partial charge in [0, 0.05) is 12.1 Å². The maximum absolute atomic E-state index is 11.6. The Bertz CT molecular complexity index is 236. The van der Waals surface area contributed by atoms with E-state index in [4.69, 9.17) is 0 Å². The summed E-state index contributed by atoms with van der Waals surface area (Å²) in [4.78, 5) is 11.6. The van der Waals surface area contributed by atoms with E-state index in [2.05, 4.69) is 22.8 Å². The molecule has 0 spiro atoms. The molecule has 1 fully saturated rings. The zero-order chi connectivity index (χ0) is 10.5. The van der Waals surface area contributed by atoms with Crippen LogP contribution in [0.25, 0.3) is 0 Å². The molecule has 3 nitrogen and oxygen atoms in total. The second-order valence-electron chi connectivity index (χ2n) is 4.57. The average molecular weight is 208 g/mol. The van der Waals surface area contributed by atoms with Gasteiger partial charge in [-0.3, -0.25) is 4.79 Å². The Morgan fingerprint density at radius 3 is 2.47 bits per heavy atom. The highest BCUT2D eigenvalue weighted by atomic mass is 16.1. The van der Waals surface area contributed by atoms with Crippen LogP contribution >= 0.6 is 0 Å². The van der Waals surface area contributed by atoms with Crippen LogP contribution in [0.15, 0.2) is 12.2 Å². The predicted molar refractivity (Wildman–Crippen MR) is 60.6 cm³/mol. The van der Waals surface area contributed by atoms with Crippen molar-refractivity contribution >= 4 is 5.91 Å². The molecular formula is C12H20N2O. The molecule has 0 saturated heterocycles. The number of carbonyl (C=O) groups excluding carboxylic acids is 1. The van der Waals surface area contributed by atoms with Crippen molar-refractivity contribution in [3.05, 3.63) is 12.2 Å². The largest absolute Gasteiger partial charge is 0.352 e. The molecule has 0 aromatic rings. The minimum Gasteiger partial charge on any atom is -0.352 e. The lowest BCUT2D eigenvalue weighted by atomic mass is 10.2. The highest BCUT2D eigenvalue weighted by molar-refractivity contribution is 5.78. The first-order chi connectivity index (χ1) is 7.34. The molecule has 1 saturated carbocycles. The minimum atomic E-state index is 0.149. The Kier molecular flexibility index (Phi) is 3.78. The molecular weight excluding hydrogens is 188 g/mol. The summed E-state index contributed by atoms with van der Waals surface area (Å²) in [7, 11) is 0. The van der Waals surface area contributed by atoms with Crippen molar-refractivity contribution in [2.24, 2.45) is 0 Å². The molecule has 3 heteroatoms. The average Bonchev–Trinajstić information content (AvgIpc) is 2.86. The lowest BCUT2D eigenvalue weighted by Gasteiger charge is -2.15. The molecule has 0 atom stereocenters. The SMILES string of the molecule is O=C(CNC1CCCC1)NC1CC=CC1. The van der Waals surface area contributed by atoms with Crippen LogP contribution in [0.3, 0.4) is 0 Å². The number of hydrogen-bond acceptors (Lipinski definition) is 2. The number of rotatable bonds is 4. The molecule has 2 aliphatic rings. The standard InChI is InChI=1S/C12H20N2O/c15-12(14-11-7-3-4-8-11)9-13-10-5-1-2-6-10/h3-4,10-11,13H,1-2,5-9H2,(H,14,15). The first kappa shape index (κ1) is 10.7. The van der Waals surface area contributed by atoms with Crippen molar-refractivity contribution in [2.75, 3.05) is 6.54 Å². The van der Waals surface area contributed by atoms with Gasteiger partial charge >= 0.3 is 0 Å². The Labute approximate surface area is 91.3 Å². The summed E-state index contributed by atoms with van der Waals surface area (Å²) in [6, 6.07) is 0.931. The summed E-state index contributed by atoms with van der Waals surface area (Å²) in [5, 5.41) is 6.36. The van der Waals surface area contributed by atoms with Gasteiger partial charge in [-0.05, 0) is 25.7 Å². The Hall–Kier alpha value is -0.830. The lowest BCUT2D eigenvalue weighted by molar-refractivity contribution is -0.121. The van der Waals surface area contributed by atoms with Gasteiger partial charge in [-0.2, -0.15) is 0 Å². The van der Waals surface area contributed by atoms with Crippen LogP contribution in [0.5, 0.6) is 0 Å². The summed E-state index contributed by atoms with van der Waals surface area (Å²) in [5.74, 6) is 0.149. The smallest absolute Gasteiger partial charge is 0.234 e. The van der Waals surface area contributed by atoms with E-state index in [-0.39, 0.29) is 5.91 Å².